The van der Waals surface area contributed by atoms with Gasteiger partial charge in [0.1, 0.15) is 11.7 Å². The monoisotopic (exact) mass is 266 g/mol. The van der Waals surface area contributed by atoms with Crippen molar-refractivity contribution in [1.29, 1.82) is 0 Å². The molecule has 1 unspecified atom stereocenters. The zero-order chi connectivity index (χ0) is 14.3. The van der Waals surface area contributed by atoms with Crippen molar-refractivity contribution in [1.82, 2.24) is 0 Å². The van der Waals surface area contributed by atoms with Crippen molar-refractivity contribution in [3.63, 3.8) is 0 Å². The molecular formula is C15H19FO3. The fourth-order valence-electron chi connectivity index (χ4n) is 1.87. The molecule has 0 amide bonds. The molecule has 0 aliphatic rings. The largest absolute Gasteiger partial charge is 0.465 e. The molecule has 0 heterocycles. The third kappa shape index (κ3) is 4.81. The summed E-state index contributed by atoms with van der Waals surface area (Å²) in [6.45, 7) is 3.89. The van der Waals surface area contributed by atoms with Crippen LogP contribution >= 0.6 is 0 Å². The van der Waals surface area contributed by atoms with Gasteiger partial charge in [0, 0.05) is 6.42 Å². The summed E-state index contributed by atoms with van der Waals surface area (Å²) in [5, 5.41) is 0. The van der Waals surface area contributed by atoms with Crippen molar-refractivity contribution in [3.05, 3.63) is 35.6 Å². The quantitative estimate of drug-likeness (QED) is 0.563. The predicted molar refractivity (Wildman–Crippen MR) is 70.1 cm³/mol. The van der Waals surface area contributed by atoms with Gasteiger partial charge >= 0.3 is 5.97 Å². The summed E-state index contributed by atoms with van der Waals surface area (Å²) in [5.41, 5.74) is 0.705. The van der Waals surface area contributed by atoms with Gasteiger partial charge in [-0.25, -0.2) is 4.39 Å². The van der Waals surface area contributed by atoms with E-state index in [0.717, 1.165) is 6.42 Å². The van der Waals surface area contributed by atoms with Crippen LogP contribution in [0, 0.1) is 11.7 Å². The van der Waals surface area contributed by atoms with Crippen molar-refractivity contribution in [3.8, 4) is 0 Å². The smallest absolute Gasteiger partial charge is 0.316 e. The van der Waals surface area contributed by atoms with Gasteiger partial charge in [0.15, 0.2) is 5.78 Å². The van der Waals surface area contributed by atoms with Crippen molar-refractivity contribution in [2.24, 2.45) is 5.92 Å². The standard InChI is InChI=1S/C15H19FO3/c1-3-5-13(15(18)19-4-2)14(17)10-11-6-8-12(16)9-7-11/h6-9,13H,3-5,10H2,1-2H3. The first kappa shape index (κ1) is 15.3. The average Bonchev–Trinajstić information content (AvgIpc) is 2.38. The lowest BCUT2D eigenvalue weighted by atomic mass is 9.94. The van der Waals surface area contributed by atoms with Gasteiger partial charge in [-0.2, -0.15) is 0 Å². The molecule has 0 spiro atoms. The molecule has 1 aromatic carbocycles. The first-order valence-electron chi connectivity index (χ1n) is 6.52. The van der Waals surface area contributed by atoms with Crippen molar-refractivity contribution >= 4 is 11.8 Å². The Hall–Kier alpha value is -1.71. The Morgan fingerprint density at radius 2 is 1.84 bits per heavy atom. The van der Waals surface area contributed by atoms with Crippen LogP contribution < -0.4 is 0 Å². The molecule has 0 aromatic heterocycles. The summed E-state index contributed by atoms with van der Waals surface area (Å²) in [7, 11) is 0. The molecule has 0 N–H and O–H groups in total. The number of rotatable bonds is 7. The SMILES string of the molecule is CCCC(C(=O)Cc1ccc(F)cc1)C(=O)OCC. The Morgan fingerprint density at radius 1 is 1.21 bits per heavy atom. The second kappa shape index (κ2) is 7.67. The number of hydrogen-bond acceptors (Lipinski definition) is 3. The summed E-state index contributed by atoms with van der Waals surface area (Å²) < 4.78 is 17.7. The van der Waals surface area contributed by atoms with E-state index in [9.17, 15) is 14.0 Å². The minimum Gasteiger partial charge on any atom is -0.465 e. The number of Topliss-reactive ketones (excluding diaryl/α,β-unsaturated/α-hetero) is 1. The molecule has 0 fully saturated rings. The van der Waals surface area contributed by atoms with Crippen LogP contribution in [0.1, 0.15) is 32.3 Å². The van der Waals surface area contributed by atoms with E-state index in [1.807, 2.05) is 6.92 Å². The van der Waals surface area contributed by atoms with Crippen molar-refractivity contribution in [2.75, 3.05) is 6.61 Å². The summed E-state index contributed by atoms with van der Waals surface area (Å²) in [4.78, 5) is 23.8. The second-order valence-corrected chi connectivity index (χ2v) is 4.36. The maximum atomic E-state index is 12.8. The van der Waals surface area contributed by atoms with Crippen molar-refractivity contribution in [2.45, 2.75) is 33.1 Å². The second-order valence-electron chi connectivity index (χ2n) is 4.36. The van der Waals surface area contributed by atoms with Crippen LogP contribution in [0.2, 0.25) is 0 Å². The highest BCUT2D eigenvalue weighted by Crippen LogP contribution is 2.14. The van der Waals surface area contributed by atoms with E-state index in [0.29, 0.717) is 12.0 Å². The van der Waals surface area contributed by atoms with Crippen LogP contribution in [0.15, 0.2) is 24.3 Å². The van der Waals surface area contributed by atoms with E-state index in [1.165, 1.54) is 12.1 Å². The molecule has 0 aliphatic heterocycles. The van der Waals surface area contributed by atoms with E-state index in [4.69, 9.17) is 4.74 Å². The maximum absolute atomic E-state index is 12.8. The molecule has 1 aromatic rings. The van der Waals surface area contributed by atoms with E-state index < -0.39 is 11.9 Å². The van der Waals surface area contributed by atoms with Crippen LogP contribution in [0.25, 0.3) is 0 Å². The summed E-state index contributed by atoms with van der Waals surface area (Å²) >= 11 is 0. The number of benzene rings is 1. The number of esters is 1. The molecule has 0 radical (unpaired) electrons. The normalized spacial score (nSPS) is 11.9. The van der Waals surface area contributed by atoms with Crippen LogP contribution in [0.5, 0.6) is 0 Å². The van der Waals surface area contributed by atoms with Gasteiger partial charge in [0.25, 0.3) is 0 Å². The predicted octanol–water partition coefficient (Wildman–Crippen LogP) is 2.92. The third-order valence-electron chi connectivity index (χ3n) is 2.83. The summed E-state index contributed by atoms with van der Waals surface area (Å²) in [6.07, 6.45) is 1.35. The molecule has 19 heavy (non-hydrogen) atoms. The topological polar surface area (TPSA) is 43.4 Å². The first-order chi connectivity index (χ1) is 9.08. The lowest BCUT2D eigenvalue weighted by Gasteiger charge is -2.13. The number of carbonyl (C=O) groups excluding carboxylic acids is 2. The Bertz CT molecular complexity index is 426. The number of ether oxygens (including phenoxy) is 1. The third-order valence-corrected chi connectivity index (χ3v) is 2.83. The molecule has 0 saturated heterocycles. The zero-order valence-electron chi connectivity index (χ0n) is 11.3. The number of halogens is 1. The number of carbonyl (C=O) groups is 2. The molecule has 104 valence electrons. The van der Waals surface area contributed by atoms with Crippen LogP contribution in [-0.2, 0) is 20.7 Å². The maximum Gasteiger partial charge on any atom is 0.316 e. The Labute approximate surface area is 112 Å². The highest BCUT2D eigenvalue weighted by Gasteiger charge is 2.26. The first-order valence-corrected chi connectivity index (χ1v) is 6.52. The van der Waals surface area contributed by atoms with E-state index in [-0.39, 0.29) is 24.6 Å². The molecule has 1 rings (SSSR count). The Morgan fingerprint density at radius 3 is 2.37 bits per heavy atom. The average molecular weight is 266 g/mol. The van der Waals surface area contributed by atoms with Gasteiger partial charge in [0.2, 0.25) is 0 Å². The van der Waals surface area contributed by atoms with Gasteiger partial charge in [-0.05, 0) is 31.0 Å². The number of ketones is 1. The summed E-state index contributed by atoms with van der Waals surface area (Å²) in [6, 6.07) is 5.73. The lowest BCUT2D eigenvalue weighted by Crippen LogP contribution is -2.27. The minimum absolute atomic E-state index is 0.129. The van der Waals surface area contributed by atoms with E-state index in [2.05, 4.69) is 0 Å². The van der Waals surface area contributed by atoms with Gasteiger partial charge in [0.05, 0.1) is 6.61 Å². The fourth-order valence-corrected chi connectivity index (χ4v) is 1.87. The van der Waals surface area contributed by atoms with Gasteiger partial charge in [-0.1, -0.05) is 25.5 Å². The van der Waals surface area contributed by atoms with E-state index in [1.54, 1.807) is 19.1 Å². The fraction of sp³-hybridized carbons (Fsp3) is 0.467. The Kier molecular flexibility index (Phi) is 6.19. The van der Waals surface area contributed by atoms with Gasteiger partial charge in [-0.15, -0.1) is 0 Å². The summed E-state index contributed by atoms with van der Waals surface area (Å²) in [5.74, 6) is -1.69. The van der Waals surface area contributed by atoms with Gasteiger partial charge in [-0.3, -0.25) is 9.59 Å². The van der Waals surface area contributed by atoms with Crippen molar-refractivity contribution < 1.29 is 18.7 Å². The van der Waals surface area contributed by atoms with Crippen LogP contribution in [0.3, 0.4) is 0 Å². The molecule has 1 atom stereocenters. The van der Waals surface area contributed by atoms with Gasteiger partial charge < -0.3 is 4.74 Å². The van der Waals surface area contributed by atoms with Crippen LogP contribution in [0.4, 0.5) is 4.39 Å². The zero-order valence-corrected chi connectivity index (χ0v) is 11.3. The highest BCUT2D eigenvalue weighted by atomic mass is 19.1. The highest BCUT2D eigenvalue weighted by molar-refractivity contribution is 5.99. The molecule has 0 saturated carbocycles. The molecule has 4 heteroatoms. The Balaban J connectivity index is 2.71. The minimum atomic E-state index is -0.713. The molecule has 0 bridgehead atoms. The molecule has 0 aliphatic carbocycles. The van der Waals surface area contributed by atoms with Crippen LogP contribution in [-0.4, -0.2) is 18.4 Å². The molecular weight excluding hydrogens is 247 g/mol. The number of hydrogen-bond donors (Lipinski definition) is 0. The lowest BCUT2D eigenvalue weighted by molar-refractivity contribution is -0.151. The molecule has 3 nitrogen and oxygen atoms in total. The van der Waals surface area contributed by atoms with E-state index >= 15 is 0 Å².